The van der Waals surface area contributed by atoms with Crippen molar-refractivity contribution in [2.24, 2.45) is 0 Å². The topological polar surface area (TPSA) is 43.1 Å². The summed E-state index contributed by atoms with van der Waals surface area (Å²) < 4.78 is 0. The molecule has 1 aromatic rings. The highest BCUT2D eigenvalue weighted by Gasteiger charge is 2.01. The van der Waals surface area contributed by atoms with Crippen molar-refractivity contribution in [3.63, 3.8) is 0 Å². The number of hydrogen-bond donors (Lipinski definition) is 1. The molecule has 0 atom stereocenters. The third kappa shape index (κ3) is 1.72. The Morgan fingerprint density at radius 2 is 2.17 bits per heavy atom. The maximum absolute atomic E-state index is 11.1. The largest absolute Gasteiger partial charge is 0.399 e. The van der Waals surface area contributed by atoms with Crippen LogP contribution in [0.2, 0.25) is 0 Å². The van der Waals surface area contributed by atoms with Crippen LogP contribution in [0.4, 0.5) is 5.69 Å². The molecule has 62 valence electrons. The van der Waals surface area contributed by atoms with Gasteiger partial charge in [0.15, 0.2) is 5.78 Å². The highest BCUT2D eigenvalue weighted by atomic mass is 16.1. The van der Waals surface area contributed by atoms with Crippen molar-refractivity contribution in [1.29, 1.82) is 0 Å². The molecule has 0 aromatic heterocycles. The Balaban J connectivity index is 3.17. The maximum Gasteiger partial charge on any atom is 0.185 e. The molecule has 0 fully saturated rings. The van der Waals surface area contributed by atoms with Gasteiger partial charge in [-0.05, 0) is 36.8 Å². The number of rotatable bonds is 2. The molecule has 2 nitrogen and oxygen atoms in total. The van der Waals surface area contributed by atoms with Crippen molar-refractivity contribution >= 4 is 11.5 Å². The monoisotopic (exact) mass is 161 g/mol. The number of benzene rings is 1. The molecule has 1 rings (SSSR count). The Bertz CT molecular complexity index is 308. The average molecular weight is 161 g/mol. The number of anilines is 1. The van der Waals surface area contributed by atoms with Gasteiger partial charge in [-0.25, -0.2) is 0 Å². The second-order valence-electron chi connectivity index (χ2n) is 2.70. The van der Waals surface area contributed by atoms with Crippen molar-refractivity contribution < 1.29 is 4.79 Å². The van der Waals surface area contributed by atoms with E-state index in [0.717, 1.165) is 5.56 Å². The van der Waals surface area contributed by atoms with Crippen LogP contribution in [0.15, 0.2) is 30.9 Å². The van der Waals surface area contributed by atoms with E-state index in [1.165, 1.54) is 6.08 Å². The van der Waals surface area contributed by atoms with Crippen molar-refractivity contribution in [2.45, 2.75) is 6.92 Å². The van der Waals surface area contributed by atoms with Crippen LogP contribution in [0.5, 0.6) is 0 Å². The van der Waals surface area contributed by atoms with Crippen LogP contribution < -0.4 is 5.73 Å². The number of carbonyl (C=O) groups is 1. The molecule has 0 bridgehead atoms. The summed E-state index contributed by atoms with van der Waals surface area (Å²) >= 11 is 0. The zero-order chi connectivity index (χ0) is 9.14. The quantitative estimate of drug-likeness (QED) is 0.409. The molecule has 0 amide bonds. The first kappa shape index (κ1) is 8.53. The van der Waals surface area contributed by atoms with Crippen LogP contribution in [-0.2, 0) is 0 Å². The van der Waals surface area contributed by atoms with Crippen molar-refractivity contribution in [1.82, 2.24) is 0 Å². The van der Waals surface area contributed by atoms with Gasteiger partial charge in [0.25, 0.3) is 0 Å². The first-order valence-corrected chi connectivity index (χ1v) is 3.67. The number of carbonyl (C=O) groups excluding carboxylic acids is 1. The standard InChI is InChI=1S/C10H11NO/c1-3-10(12)8-4-7(2)5-9(11)6-8/h3-6H,1,11H2,2H3. The summed E-state index contributed by atoms with van der Waals surface area (Å²) in [6, 6.07) is 5.26. The summed E-state index contributed by atoms with van der Waals surface area (Å²) in [6.07, 6.45) is 1.29. The van der Waals surface area contributed by atoms with Crippen LogP contribution in [0.1, 0.15) is 15.9 Å². The van der Waals surface area contributed by atoms with Gasteiger partial charge in [-0.3, -0.25) is 4.79 Å². The third-order valence-electron chi connectivity index (χ3n) is 1.57. The van der Waals surface area contributed by atoms with Crippen molar-refractivity contribution in [2.75, 3.05) is 5.73 Å². The minimum absolute atomic E-state index is 0.0922. The maximum atomic E-state index is 11.1. The van der Waals surface area contributed by atoms with Crippen LogP contribution in [0, 0.1) is 6.92 Å². The van der Waals surface area contributed by atoms with E-state index in [-0.39, 0.29) is 5.78 Å². The van der Waals surface area contributed by atoms with E-state index >= 15 is 0 Å². The fourth-order valence-electron chi connectivity index (χ4n) is 1.07. The second kappa shape index (κ2) is 3.22. The number of aryl methyl sites for hydroxylation is 1. The van der Waals surface area contributed by atoms with E-state index < -0.39 is 0 Å². The predicted molar refractivity (Wildman–Crippen MR) is 50.1 cm³/mol. The van der Waals surface area contributed by atoms with Gasteiger partial charge < -0.3 is 5.73 Å². The molecule has 12 heavy (non-hydrogen) atoms. The lowest BCUT2D eigenvalue weighted by atomic mass is 10.1. The minimum atomic E-state index is -0.0922. The fourth-order valence-corrected chi connectivity index (χ4v) is 1.07. The number of nitrogen functional groups attached to an aromatic ring is 1. The molecule has 0 saturated heterocycles. The van der Waals surface area contributed by atoms with Crippen molar-refractivity contribution in [3.8, 4) is 0 Å². The molecule has 0 aliphatic carbocycles. The van der Waals surface area contributed by atoms with Crippen LogP contribution in [0.25, 0.3) is 0 Å². The van der Waals surface area contributed by atoms with Crippen LogP contribution in [-0.4, -0.2) is 5.78 Å². The van der Waals surface area contributed by atoms with Gasteiger partial charge in [0.05, 0.1) is 0 Å². The van der Waals surface area contributed by atoms with Gasteiger partial charge >= 0.3 is 0 Å². The van der Waals surface area contributed by atoms with Crippen molar-refractivity contribution in [3.05, 3.63) is 42.0 Å². The van der Waals surface area contributed by atoms with Gasteiger partial charge in [0, 0.05) is 11.3 Å². The minimum Gasteiger partial charge on any atom is -0.399 e. The molecule has 2 N–H and O–H groups in total. The van der Waals surface area contributed by atoms with E-state index in [1.54, 1.807) is 12.1 Å². The summed E-state index contributed by atoms with van der Waals surface area (Å²) in [5.74, 6) is -0.0922. The summed E-state index contributed by atoms with van der Waals surface area (Å²) in [5, 5.41) is 0. The first-order chi connectivity index (χ1) is 5.63. The van der Waals surface area contributed by atoms with Gasteiger partial charge in [-0.15, -0.1) is 0 Å². The van der Waals surface area contributed by atoms with Gasteiger partial charge in [0.2, 0.25) is 0 Å². The molecular formula is C10H11NO. The third-order valence-corrected chi connectivity index (χ3v) is 1.57. The normalized spacial score (nSPS) is 9.42. The predicted octanol–water partition coefficient (Wildman–Crippen LogP) is 1.95. The lowest BCUT2D eigenvalue weighted by molar-refractivity contribution is 0.104. The Hall–Kier alpha value is -1.57. The summed E-state index contributed by atoms with van der Waals surface area (Å²) in [6.45, 7) is 5.30. The Labute approximate surface area is 71.7 Å². The Morgan fingerprint density at radius 1 is 1.50 bits per heavy atom. The van der Waals surface area contributed by atoms with E-state index in [4.69, 9.17) is 5.73 Å². The van der Waals surface area contributed by atoms with E-state index in [9.17, 15) is 4.79 Å². The van der Waals surface area contributed by atoms with Gasteiger partial charge in [0.1, 0.15) is 0 Å². The van der Waals surface area contributed by atoms with E-state index in [1.807, 2.05) is 13.0 Å². The summed E-state index contributed by atoms with van der Waals surface area (Å²) in [7, 11) is 0. The molecule has 2 heteroatoms. The molecule has 0 aliphatic rings. The van der Waals surface area contributed by atoms with Gasteiger partial charge in [-0.2, -0.15) is 0 Å². The van der Waals surface area contributed by atoms with Gasteiger partial charge in [-0.1, -0.05) is 6.58 Å². The fraction of sp³-hybridized carbons (Fsp3) is 0.100. The highest BCUT2D eigenvalue weighted by molar-refractivity contribution is 6.04. The number of ketones is 1. The Morgan fingerprint density at radius 3 is 2.67 bits per heavy atom. The van der Waals surface area contributed by atoms with Crippen LogP contribution in [0.3, 0.4) is 0 Å². The summed E-state index contributed by atoms with van der Waals surface area (Å²) in [5.41, 5.74) is 7.76. The molecule has 0 unspecified atom stereocenters. The zero-order valence-corrected chi connectivity index (χ0v) is 7.00. The molecule has 0 radical (unpaired) electrons. The molecule has 0 spiro atoms. The summed E-state index contributed by atoms with van der Waals surface area (Å²) in [4.78, 5) is 11.1. The first-order valence-electron chi connectivity index (χ1n) is 3.67. The highest BCUT2D eigenvalue weighted by Crippen LogP contribution is 2.11. The number of nitrogens with two attached hydrogens (primary N) is 1. The lowest BCUT2D eigenvalue weighted by Crippen LogP contribution is -1.96. The smallest absolute Gasteiger partial charge is 0.185 e. The zero-order valence-electron chi connectivity index (χ0n) is 7.00. The van der Waals surface area contributed by atoms with E-state index in [0.29, 0.717) is 11.3 Å². The molecule has 1 aromatic carbocycles. The van der Waals surface area contributed by atoms with Crippen LogP contribution >= 0.6 is 0 Å². The molecule has 0 saturated carbocycles. The molecule has 0 aliphatic heterocycles. The second-order valence-corrected chi connectivity index (χ2v) is 2.70. The number of hydrogen-bond acceptors (Lipinski definition) is 2. The average Bonchev–Trinajstić information content (AvgIpc) is 2.01. The molecule has 0 heterocycles. The SMILES string of the molecule is C=CC(=O)c1cc(C)cc(N)c1. The Kier molecular flexibility index (Phi) is 2.29. The molecular weight excluding hydrogens is 150 g/mol. The van der Waals surface area contributed by atoms with E-state index in [2.05, 4.69) is 6.58 Å². The number of allylic oxidation sites excluding steroid dienone is 1. The lowest BCUT2D eigenvalue weighted by Gasteiger charge is -2.00.